The van der Waals surface area contributed by atoms with Crippen LogP contribution in [0, 0.1) is 0 Å². The molecule has 2 aromatic carbocycles. The molecule has 0 unspecified atom stereocenters. The molecule has 0 aromatic heterocycles. The van der Waals surface area contributed by atoms with Crippen LogP contribution >= 0.6 is 0 Å². The maximum absolute atomic E-state index is 12.8. The molecule has 4 rings (SSSR count). The number of carbonyl (C=O) groups is 1. The van der Waals surface area contributed by atoms with Crippen molar-refractivity contribution < 1.29 is 9.90 Å². The number of benzene rings is 2. The Morgan fingerprint density at radius 1 is 1.08 bits per heavy atom. The van der Waals surface area contributed by atoms with Crippen molar-refractivity contribution in [2.24, 2.45) is 4.99 Å². The lowest BCUT2D eigenvalue weighted by atomic mass is 9.78. The fourth-order valence-electron chi connectivity index (χ4n) is 3.56. The molecule has 1 aliphatic carbocycles. The minimum Gasteiger partial charge on any atom is -0.508 e. The fourth-order valence-corrected chi connectivity index (χ4v) is 3.56. The average molecular weight is 318 g/mol. The number of phenolic OH excluding ortho intramolecular Hbond substituents is 1. The Balaban J connectivity index is 1.80. The summed E-state index contributed by atoms with van der Waals surface area (Å²) in [6, 6.07) is 15.0. The molecule has 0 spiro atoms. The summed E-state index contributed by atoms with van der Waals surface area (Å²) in [6.45, 7) is 1.92. The third-order valence-electron chi connectivity index (χ3n) is 4.67. The quantitative estimate of drug-likeness (QED) is 0.823. The number of phenols is 1. The fraction of sp³-hybridized carbons (Fsp3) is 0.200. The van der Waals surface area contributed by atoms with Crippen LogP contribution in [0.2, 0.25) is 0 Å². The number of nitrogens with zero attached hydrogens (tertiary/aromatic N) is 1. The van der Waals surface area contributed by atoms with Crippen LogP contribution in [0.4, 0.5) is 11.4 Å². The van der Waals surface area contributed by atoms with Gasteiger partial charge in [-0.1, -0.05) is 30.3 Å². The van der Waals surface area contributed by atoms with Crippen LogP contribution in [0.5, 0.6) is 5.75 Å². The number of hydrogen-bond acceptors (Lipinski definition) is 4. The van der Waals surface area contributed by atoms with E-state index in [4.69, 9.17) is 4.99 Å². The van der Waals surface area contributed by atoms with Crippen LogP contribution in [-0.4, -0.2) is 16.6 Å². The van der Waals surface area contributed by atoms with Crippen molar-refractivity contribution in [3.63, 3.8) is 0 Å². The lowest BCUT2D eigenvalue weighted by Crippen LogP contribution is -2.26. The van der Waals surface area contributed by atoms with Crippen molar-refractivity contribution in [3.8, 4) is 5.75 Å². The van der Waals surface area contributed by atoms with Gasteiger partial charge in [0.1, 0.15) is 5.75 Å². The van der Waals surface area contributed by atoms with E-state index in [2.05, 4.69) is 5.32 Å². The first-order chi connectivity index (χ1) is 11.6. The van der Waals surface area contributed by atoms with E-state index in [0.29, 0.717) is 18.4 Å². The van der Waals surface area contributed by atoms with E-state index in [1.165, 1.54) is 0 Å². The second-order valence-corrected chi connectivity index (χ2v) is 6.29. The molecule has 24 heavy (non-hydrogen) atoms. The normalized spacial score (nSPS) is 19.8. The summed E-state index contributed by atoms with van der Waals surface area (Å²) in [6.07, 6.45) is 1.04. The number of anilines is 1. The number of fused-ring (bicyclic) bond motifs is 2. The topological polar surface area (TPSA) is 61.7 Å². The molecule has 1 aliphatic heterocycles. The first-order valence-electron chi connectivity index (χ1n) is 8.09. The number of aromatic hydroxyl groups is 1. The third-order valence-corrected chi connectivity index (χ3v) is 4.67. The summed E-state index contributed by atoms with van der Waals surface area (Å²) in [4.78, 5) is 17.5. The van der Waals surface area contributed by atoms with E-state index < -0.39 is 0 Å². The number of hydrogen-bond donors (Lipinski definition) is 2. The van der Waals surface area contributed by atoms with Gasteiger partial charge in [0.15, 0.2) is 5.78 Å². The third kappa shape index (κ3) is 2.40. The molecule has 2 N–H and O–H groups in total. The van der Waals surface area contributed by atoms with Gasteiger partial charge in [-0.3, -0.25) is 9.79 Å². The predicted molar refractivity (Wildman–Crippen MR) is 94.9 cm³/mol. The Labute approximate surface area is 140 Å². The highest BCUT2D eigenvalue weighted by atomic mass is 16.3. The average Bonchev–Trinajstić information content (AvgIpc) is 2.70. The van der Waals surface area contributed by atoms with Crippen LogP contribution < -0.4 is 5.32 Å². The molecule has 0 bridgehead atoms. The maximum Gasteiger partial charge on any atom is 0.167 e. The van der Waals surface area contributed by atoms with Crippen molar-refractivity contribution in [1.29, 1.82) is 0 Å². The number of allylic oxidation sites excluding steroid dienone is 2. The molecular formula is C20H18N2O2. The van der Waals surface area contributed by atoms with Crippen LogP contribution in [-0.2, 0) is 4.79 Å². The van der Waals surface area contributed by atoms with E-state index in [1.807, 2.05) is 43.3 Å². The molecular weight excluding hydrogens is 300 g/mol. The molecule has 2 aromatic rings. The van der Waals surface area contributed by atoms with E-state index >= 15 is 0 Å². The summed E-state index contributed by atoms with van der Waals surface area (Å²) in [5.74, 6) is 0.275. The number of para-hydroxylation sites is 3. The van der Waals surface area contributed by atoms with Gasteiger partial charge in [0.05, 0.1) is 22.7 Å². The van der Waals surface area contributed by atoms with Crippen molar-refractivity contribution in [3.05, 3.63) is 65.4 Å². The Morgan fingerprint density at radius 2 is 1.83 bits per heavy atom. The minimum absolute atomic E-state index is 0.0423. The van der Waals surface area contributed by atoms with Gasteiger partial charge in [-0.2, -0.15) is 0 Å². The first-order valence-corrected chi connectivity index (χ1v) is 8.09. The molecule has 1 saturated carbocycles. The number of rotatable bonds is 1. The van der Waals surface area contributed by atoms with Crippen molar-refractivity contribution >= 4 is 22.9 Å². The molecule has 0 amide bonds. The molecule has 2 aliphatic rings. The number of aliphatic imine (C=N–C) groups is 1. The zero-order valence-electron chi connectivity index (χ0n) is 13.4. The second-order valence-electron chi connectivity index (χ2n) is 6.29. The molecule has 4 nitrogen and oxygen atoms in total. The molecule has 0 radical (unpaired) electrons. The zero-order valence-corrected chi connectivity index (χ0v) is 13.4. The highest BCUT2D eigenvalue weighted by molar-refractivity contribution is 6.26. The van der Waals surface area contributed by atoms with Crippen molar-refractivity contribution in [2.75, 3.05) is 5.32 Å². The Bertz CT molecular complexity index is 896. The number of ketones is 1. The van der Waals surface area contributed by atoms with Gasteiger partial charge in [-0.15, -0.1) is 0 Å². The van der Waals surface area contributed by atoms with Gasteiger partial charge >= 0.3 is 0 Å². The van der Waals surface area contributed by atoms with Crippen LogP contribution in [0.25, 0.3) is 0 Å². The Morgan fingerprint density at radius 3 is 2.67 bits per heavy atom. The highest BCUT2D eigenvalue weighted by Gasteiger charge is 2.33. The van der Waals surface area contributed by atoms with E-state index in [9.17, 15) is 9.90 Å². The van der Waals surface area contributed by atoms with Crippen molar-refractivity contribution in [2.45, 2.75) is 25.7 Å². The number of nitrogens with one attached hydrogen (secondary N) is 1. The van der Waals surface area contributed by atoms with Gasteiger partial charge in [0.2, 0.25) is 0 Å². The van der Waals surface area contributed by atoms with Crippen molar-refractivity contribution in [1.82, 2.24) is 0 Å². The first kappa shape index (κ1) is 14.7. The lowest BCUT2D eigenvalue weighted by Gasteiger charge is -2.26. The van der Waals surface area contributed by atoms with Crippen LogP contribution in [0.1, 0.15) is 31.2 Å². The molecule has 120 valence electrons. The lowest BCUT2D eigenvalue weighted by molar-refractivity contribution is -0.115. The summed E-state index contributed by atoms with van der Waals surface area (Å²) in [7, 11) is 0. The van der Waals surface area contributed by atoms with Gasteiger partial charge in [-0.05, 0) is 37.1 Å². The SMILES string of the molecule is CC1=C2C(=O)C[C@H](c3ccccc3O)CC2=Nc2ccccc2N1. The number of carbonyl (C=O) groups excluding carboxylic acids is 1. The smallest absolute Gasteiger partial charge is 0.167 e. The summed E-state index contributed by atoms with van der Waals surface area (Å²) < 4.78 is 0. The molecule has 1 heterocycles. The van der Waals surface area contributed by atoms with E-state index in [0.717, 1.165) is 28.3 Å². The summed E-state index contributed by atoms with van der Waals surface area (Å²) in [5, 5.41) is 13.4. The van der Waals surface area contributed by atoms with Gasteiger partial charge in [0.25, 0.3) is 0 Å². The van der Waals surface area contributed by atoms with Gasteiger partial charge < -0.3 is 10.4 Å². The summed E-state index contributed by atoms with van der Waals surface area (Å²) in [5.41, 5.74) is 4.91. The zero-order chi connectivity index (χ0) is 16.7. The predicted octanol–water partition coefficient (Wildman–Crippen LogP) is 4.31. The Hall–Kier alpha value is -2.88. The van der Waals surface area contributed by atoms with Gasteiger partial charge in [-0.25, -0.2) is 0 Å². The second kappa shape index (κ2) is 5.64. The molecule has 1 atom stereocenters. The van der Waals surface area contributed by atoms with Gasteiger partial charge in [0, 0.05) is 18.0 Å². The van der Waals surface area contributed by atoms with E-state index in [-0.39, 0.29) is 17.5 Å². The molecule has 4 heteroatoms. The van der Waals surface area contributed by atoms with Crippen LogP contribution in [0.3, 0.4) is 0 Å². The number of Topliss-reactive ketones (excluding diaryl/α,β-unsaturated/α-hetero) is 1. The summed E-state index contributed by atoms with van der Waals surface area (Å²) >= 11 is 0. The standard InChI is InChI=1S/C20H18N2O2/c1-12-20-17(22-16-8-4-3-7-15(16)21-12)10-13(11-19(20)24)14-6-2-5-9-18(14)23/h2-9,13,21,23H,10-11H2,1H3/t13-/m1/s1. The largest absolute Gasteiger partial charge is 0.508 e. The van der Waals surface area contributed by atoms with E-state index in [1.54, 1.807) is 12.1 Å². The molecule has 0 saturated heterocycles. The highest BCUT2D eigenvalue weighted by Crippen LogP contribution is 2.40. The Kier molecular flexibility index (Phi) is 3.45. The monoisotopic (exact) mass is 318 g/mol. The maximum atomic E-state index is 12.8. The minimum atomic E-state index is -0.0423. The molecule has 1 fully saturated rings. The van der Waals surface area contributed by atoms with Crippen LogP contribution in [0.15, 0.2) is 64.8 Å².